The summed E-state index contributed by atoms with van der Waals surface area (Å²) in [5.41, 5.74) is 1.68. The van der Waals surface area contributed by atoms with Crippen molar-refractivity contribution in [1.82, 2.24) is 10.2 Å². The number of aryl methyl sites for hydroxylation is 1. The Hall–Kier alpha value is -1.89. The van der Waals surface area contributed by atoms with Crippen molar-refractivity contribution in [2.75, 3.05) is 5.32 Å². The molecule has 1 aliphatic carbocycles. The van der Waals surface area contributed by atoms with Crippen LogP contribution in [0.3, 0.4) is 0 Å². The zero-order chi connectivity index (χ0) is 17.2. The van der Waals surface area contributed by atoms with Gasteiger partial charge in [-0.15, -0.1) is 10.2 Å². The normalized spacial score (nSPS) is 15.1. The molecule has 0 saturated heterocycles. The van der Waals surface area contributed by atoms with Crippen LogP contribution < -0.4 is 5.32 Å². The second kappa shape index (κ2) is 6.93. The van der Waals surface area contributed by atoms with E-state index in [0.717, 1.165) is 19.3 Å². The van der Waals surface area contributed by atoms with Gasteiger partial charge in [-0.3, -0.25) is 10.1 Å². The van der Waals surface area contributed by atoms with E-state index in [0.29, 0.717) is 16.9 Å². The summed E-state index contributed by atoms with van der Waals surface area (Å²) in [6.45, 7) is 0.751. The third-order valence-electron chi connectivity index (χ3n) is 4.30. The van der Waals surface area contributed by atoms with Crippen molar-refractivity contribution in [3.63, 3.8) is 0 Å². The van der Waals surface area contributed by atoms with Crippen molar-refractivity contribution in [3.8, 4) is 0 Å². The number of rotatable bonds is 6. The Morgan fingerprint density at radius 3 is 2.54 bits per heavy atom. The molecule has 2 aromatic rings. The van der Waals surface area contributed by atoms with E-state index in [9.17, 15) is 13.6 Å². The molecular formula is C17H19F2N3OS. The molecule has 1 amide bonds. The first-order valence-electron chi connectivity index (χ1n) is 8.04. The quantitative estimate of drug-likeness (QED) is 0.825. The number of nitrogens with one attached hydrogen (secondary N) is 1. The first-order valence-corrected chi connectivity index (χ1v) is 8.85. The summed E-state index contributed by atoms with van der Waals surface area (Å²) < 4.78 is 26.3. The highest BCUT2D eigenvalue weighted by Crippen LogP contribution is 2.32. The number of anilines is 1. The Labute approximate surface area is 143 Å². The number of alkyl halides is 2. The molecule has 1 aromatic carbocycles. The van der Waals surface area contributed by atoms with Crippen molar-refractivity contribution in [3.05, 3.63) is 40.4 Å². The molecule has 0 aliphatic heterocycles. The van der Waals surface area contributed by atoms with E-state index in [1.54, 1.807) is 12.1 Å². The molecule has 0 radical (unpaired) electrons. The van der Waals surface area contributed by atoms with Crippen LogP contribution in [0.25, 0.3) is 0 Å². The van der Waals surface area contributed by atoms with Gasteiger partial charge in [0.15, 0.2) is 5.01 Å². The molecule has 1 fully saturated rings. The zero-order valence-electron chi connectivity index (χ0n) is 13.4. The van der Waals surface area contributed by atoms with Crippen LogP contribution in [0.4, 0.5) is 13.9 Å². The Morgan fingerprint density at radius 1 is 1.29 bits per heavy atom. The van der Waals surface area contributed by atoms with Gasteiger partial charge in [0.05, 0.1) is 0 Å². The summed E-state index contributed by atoms with van der Waals surface area (Å²) >= 11 is 0.682. The maximum atomic E-state index is 13.1. The van der Waals surface area contributed by atoms with E-state index in [4.69, 9.17) is 0 Å². The molecule has 7 heteroatoms. The Morgan fingerprint density at radius 2 is 2.00 bits per heavy atom. The van der Waals surface area contributed by atoms with Gasteiger partial charge < -0.3 is 0 Å². The van der Waals surface area contributed by atoms with Gasteiger partial charge in [0.2, 0.25) is 5.13 Å². The van der Waals surface area contributed by atoms with Crippen LogP contribution in [0.2, 0.25) is 0 Å². The van der Waals surface area contributed by atoms with E-state index in [1.165, 1.54) is 31.2 Å². The summed E-state index contributed by atoms with van der Waals surface area (Å²) in [4.78, 5) is 12.1. The van der Waals surface area contributed by atoms with Crippen molar-refractivity contribution in [1.29, 1.82) is 0 Å². The Balaban J connectivity index is 1.57. The van der Waals surface area contributed by atoms with Gasteiger partial charge in [-0.25, -0.2) is 0 Å². The van der Waals surface area contributed by atoms with E-state index in [1.807, 2.05) is 12.1 Å². The van der Waals surface area contributed by atoms with Crippen molar-refractivity contribution in [2.45, 2.75) is 45.0 Å². The maximum Gasteiger partial charge on any atom is 0.298 e. The van der Waals surface area contributed by atoms with Gasteiger partial charge in [0.1, 0.15) is 0 Å². The molecule has 128 valence electrons. The van der Waals surface area contributed by atoms with E-state index in [2.05, 4.69) is 15.5 Å². The molecule has 3 rings (SSSR count). The highest BCUT2D eigenvalue weighted by atomic mass is 32.1. The number of amides is 1. The SMILES string of the molecule is CC(F)(F)c1nnc(NC(=O)c2ccc(CCC3CCC3)cc2)s1. The van der Waals surface area contributed by atoms with Crippen LogP contribution >= 0.6 is 11.3 Å². The number of hydrogen-bond donors (Lipinski definition) is 1. The molecule has 0 atom stereocenters. The third-order valence-corrected chi connectivity index (χ3v) is 5.31. The number of carbonyl (C=O) groups is 1. The molecule has 1 N–H and O–H groups in total. The topological polar surface area (TPSA) is 54.9 Å². The summed E-state index contributed by atoms with van der Waals surface area (Å²) in [7, 11) is 0. The third kappa shape index (κ3) is 4.14. The molecular weight excluding hydrogens is 332 g/mol. The highest BCUT2D eigenvalue weighted by Gasteiger charge is 2.29. The van der Waals surface area contributed by atoms with E-state index < -0.39 is 10.9 Å². The van der Waals surface area contributed by atoms with Gasteiger partial charge in [-0.05, 0) is 36.5 Å². The lowest BCUT2D eigenvalue weighted by molar-refractivity contribution is 0.0165. The van der Waals surface area contributed by atoms with Gasteiger partial charge in [0.25, 0.3) is 11.8 Å². The molecule has 24 heavy (non-hydrogen) atoms. The summed E-state index contributed by atoms with van der Waals surface area (Å²) in [6, 6.07) is 7.39. The fourth-order valence-electron chi connectivity index (χ4n) is 2.60. The van der Waals surface area contributed by atoms with Crippen LogP contribution in [0.1, 0.15) is 53.5 Å². The highest BCUT2D eigenvalue weighted by molar-refractivity contribution is 7.15. The van der Waals surface area contributed by atoms with Crippen LogP contribution in [0.15, 0.2) is 24.3 Å². The smallest absolute Gasteiger partial charge is 0.296 e. The summed E-state index contributed by atoms with van der Waals surface area (Å²) in [5.74, 6) is -2.57. The number of hydrogen-bond acceptors (Lipinski definition) is 4. The second-order valence-electron chi connectivity index (χ2n) is 6.29. The number of aromatic nitrogens is 2. The monoisotopic (exact) mass is 351 g/mol. The average molecular weight is 351 g/mol. The number of carbonyl (C=O) groups excluding carboxylic acids is 1. The molecule has 1 heterocycles. The average Bonchev–Trinajstić information content (AvgIpc) is 2.95. The lowest BCUT2D eigenvalue weighted by Gasteiger charge is -2.25. The maximum absolute atomic E-state index is 13.1. The predicted octanol–water partition coefficient (Wildman–Crippen LogP) is 4.63. The van der Waals surface area contributed by atoms with Crippen molar-refractivity contribution >= 4 is 22.4 Å². The number of benzene rings is 1. The minimum atomic E-state index is -3.05. The van der Waals surface area contributed by atoms with Gasteiger partial charge in [0, 0.05) is 12.5 Å². The predicted molar refractivity (Wildman–Crippen MR) is 89.5 cm³/mol. The van der Waals surface area contributed by atoms with Crippen LogP contribution in [0, 0.1) is 5.92 Å². The van der Waals surface area contributed by atoms with E-state index >= 15 is 0 Å². The molecule has 0 unspecified atom stereocenters. The number of halogens is 2. The lowest BCUT2D eigenvalue weighted by atomic mass is 9.81. The van der Waals surface area contributed by atoms with Gasteiger partial charge in [-0.1, -0.05) is 42.7 Å². The van der Waals surface area contributed by atoms with E-state index in [-0.39, 0.29) is 11.0 Å². The molecule has 1 aliphatic rings. The molecule has 4 nitrogen and oxygen atoms in total. The first-order chi connectivity index (χ1) is 11.4. The largest absolute Gasteiger partial charge is 0.298 e. The standard InChI is InChI=1S/C17H19F2N3OS/c1-17(18,19)15-21-22-16(24-15)20-14(23)13-9-7-12(8-10-13)6-5-11-3-2-4-11/h7-11H,2-6H2,1H3,(H,20,22,23). The summed E-state index contributed by atoms with van der Waals surface area (Å²) in [6.07, 6.45) is 6.24. The minimum absolute atomic E-state index is 0.0746. The Kier molecular flexibility index (Phi) is 4.89. The molecule has 1 saturated carbocycles. The Bertz CT molecular complexity index is 705. The fraction of sp³-hybridized carbons (Fsp3) is 0.471. The molecule has 0 spiro atoms. The molecule has 1 aromatic heterocycles. The number of nitrogens with zero attached hydrogens (tertiary/aromatic N) is 2. The van der Waals surface area contributed by atoms with Crippen LogP contribution in [-0.4, -0.2) is 16.1 Å². The van der Waals surface area contributed by atoms with Crippen LogP contribution in [0.5, 0.6) is 0 Å². The second-order valence-corrected chi connectivity index (χ2v) is 7.26. The lowest BCUT2D eigenvalue weighted by Crippen LogP contribution is -2.12. The van der Waals surface area contributed by atoms with Gasteiger partial charge >= 0.3 is 0 Å². The first kappa shape index (κ1) is 17.0. The van der Waals surface area contributed by atoms with Crippen molar-refractivity contribution < 1.29 is 13.6 Å². The summed E-state index contributed by atoms with van der Waals surface area (Å²) in [5, 5.41) is 9.17. The van der Waals surface area contributed by atoms with Crippen molar-refractivity contribution in [2.24, 2.45) is 5.92 Å². The van der Waals surface area contributed by atoms with Crippen LogP contribution in [-0.2, 0) is 12.3 Å². The molecule has 0 bridgehead atoms. The zero-order valence-corrected chi connectivity index (χ0v) is 14.2. The van der Waals surface area contributed by atoms with Gasteiger partial charge in [-0.2, -0.15) is 8.78 Å². The fourth-order valence-corrected chi connectivity index (χ4v) is 3.26. The minimum Gasteiger partial charge on any atom is -0.296 e.